The highest BCUT2D eigenvalue weighted by molar-refractivity contribution is 5.42. The van der Waals surface area contributed by atoms with Gasteiger partial charge in [0.1, 0.15) is 0 Å². The van der Waals surface area contributed by atoms with Gasteiger partial charge in [0.25, 0.3) is 0 Å². The Hall–Kier alpha value is -1.05. The molecule has 2 nitrogen and oxygen atoms in total. The van der Waals surface area contributed by atoms with Gasteiger partial charge in [-0.1, -0.05) is 13.8 Å². The first-order valence-electron chi connectivity index (χ1n) is 5.74. The van der Waals surface area contributed by atoms with Gasteiger partial charge in [0, 0.05) is 11.7 Å². The van der Waals surface area contributed by atoms with Crippen LogP contribution in [0, 0.1) is 12.3 Å². The molecule has 1 heterocycles. The molecular weight excluding hydrogens is 184 g/mol. The number of hydrogen-bond donors (Lipinski definition) is 1. The van der Waals surface area contributed by atoms with E-state index in [0.29, 0.717) is 11.5 Å². The Kier molecular flexibility index (Phi) is 2.68. The van der Waals surface area contributed by atoms with Gasteiger partial charge in [-0.25, -0.2) is 0 Å². The van der Waals surface area contributed by atoms with Crippen LogP contribution in [-0.2, 0) is 0 Å². The molecule has 1 aromatic heterocycles. The van der Waals surface area contributed by atoms with Gasteiger partial charge in [0.2, 0.25) is 0 Å². The predicted octanol–water partition coefficient (Wildman–Crippen LogP) is 3.38. The molecule has 1 N–H and O–H groups in total. The first-order valence-corrected chi connectivity index (χ1v) is 5.74. The minimum atomic E-state index is 0.510. The molecule has 82 valence electrons. The molecule has 0 aliphatic heterocycles. The molecular formula is C13H20N2. The molecule has 0 aromatic carbocycles. The Morgan fingerprint density at radius 3 is 2.73 bits per heavy atom. The van der Waals surface area contributed by atoms with Crippen molar-refractivity contribution >= 4 is 5.69 Å². The van der Waals surface area contributed by atoms with E-state index in [1.54, 1.807) is 0 Å². The minimum Gasteiger partial charge on any atom is -0.381 e. The van der Waals surface area contributed by atoms with Crippen molar-refractivity contribution in [3.8, 4) is 0 Å². The maximum atomic E-state index is 4.30. The fourth-order valence-electron chi connectivity index (χ4n) is 2.35. The molecule has 0 spiro atoms. The maximum absolute atomic E-state index is 4.30. The summed E-state index contributed by atoms with van der Waals surface area (Å²) in [6.45, 7) is 6.71. The Bertz CT molecular complexity index is 327. The second-order valence-corrected chi connectivity index (χ2v) is 5.44. The van der Waals surface area contributed by atoms with Gasteiger partial charge in [-0.05, 0) is 43.7 Å². The van der Waals surface area contributed by atoms with E-state index in [2.05, 4.69) is 36.3 Å². The Morgan fingerprint density at radius 2 is 2.20 bits per heavy atom. The molecule has 0 amide bonds. The van der Waals surface area contributed by atoms with E-state index in [-0.39, 0.29) is 0 Å². The van der Waals surface area contributed by atoms with Crippen LogP contribution in [0.4, 0.5) is 5.69 Å². The monoisotopic (exact) mass is 204 g/mol. The first-order chi connectivity index (χ1) is 7.05. The van der Waals surface area contributed by atoms with Crippen molar-refractivity contribution in [2.45, 2.75) is 46.1 Å². The normalized spacial score (nSPS) is 24.1. The van der Waals surface area contributed by atoms with Gasteiger partial charge < -0.3 is 5.32 Å². The zero-order valence-electron chi connectivity index (χ0n) is 9.88. The summed E-state index contributed by atoms with van der Waals surface area (Å²) in [6.07, 6.45) is 5.80. The van der Waals surface area contributed by atoms with Gasteiger partial charge in [0.05, 0.1) is 11.9 Å². The van der Waals surface area contributed by atoms with Crippen LogP contribution in [0.15, 0.2) is 18.3 Å². The quantitative estimate of drug-likeness (QED) is 0.798. The standard InChI is InChI=1S/C13H20N2/c1-10-4-5-12(9-14-10)15-11-6-7-13(2,3)8-11/h4-5,9,11,15H,6-8H2,1-3H3. The zero-order chi connectivity index (χ0) is 10.9. The number of hydrogen-bond acceptors (Lipinski definition) is 2. The summed E-state index contributed by atoms with van der Waals surface area (Å²) in [7, 11) is 0. The second kappa shape index (κ2) is 3.84. The fraction of sp³-hybridized carbons (Fsp3) is 0.615. The van der Waals surface area contributed by atoms with Crippen molar-refractivity contribution in [3.05, 3.63) is 24.0 Å². The summed E-state index contributed by atoms with van der Waals surface area (Å²) in [5.41, 5.74) is 2.74. The smallest absolute Gasteiger partial charge is 0.0529 e. The number of aryl methyl sites for hydroxylation is 1. The lowest BCUT2D eigenvalue weighted by atomic mass is 9.92. The molecule has 1 fully saturated rings. The van der Waals surface area contributed by atoms with E-state index in [1.165, 1.54) is 19.3 Å². The summed E-state index contributed by atoms with van der Waals surface area (Å²) in [5, 5.41) is 3.56. The van der Waals surface area contributed by atoms with Gasteiger partial charge in [-0.2, -0.15) is 0 Å². The van der Waals surface area contributed by atoms with Crippen molar-refractivity contribution in [1.29, 1.82) is 0 Å². The summed E-state index contributed by atoms with van der Waals surface area (Å²) in [4.78, 5) is 4.30. The number of nitrogens with zero attached hydrogens (tertiary/aromatic N) is 1. The number of anilines is 1. The average molecular weight is 204 g/mol. The summed E-state index contributed by atoms with van der Waals surface area (Å²) in [6, 6.07) is 4.81. The lowest BCUT2D eigenvalue weighted by Crippen LogP contribution is -2.17. The van der Waals surface area contributed by atoms with E-state index < -0.39 is 0 Å². The van der Waals surface area contributed by atoms with Gasteiger partial charge in [-0.3, -0.25) is 4.98 Å². The number of nitrogens with one attached hydrogen (secondary N) is 1. The van der Waals surface area contributed by atoms with Gasteiger partial charge >= 0.3 is 0 Å². The molecule has 0 saturated heterocycles. The molecule has 0 bridgehead atoms. The van der Waals surface area contributed by atoms with Crippen LogP contribution >= 0.6 is 0 Å². The highest BCUT2D eigenvalue weighted by Gasteiger charge is 2.30. The average Bonchev–Trinajstić information content (AvgIpc) is 2.50. The molecule has 2 heteroatoms. The SMILES string of the molecule is Cc1ccc(NC2CCC(C)(C)C2)cn1. The molecule has 1 atom stereocenters. The minimum absolute atomic E-state index is 0.510. The van der Waals surface area contributed by atoms with Crippen molar-refractivity contribution in [2.24, 2.45) is 5.41 Å². The highest BCUT2D eigenvalue weighted by atomic mass is 14.9. The van der Waals surface area contributed by atoms with Gasteiger partial charge in [0.15, 0.2) is 0 Å². The highest BCUT2D eigenvalue weighted by Crippen LogP contribution is 2.38. The Labute approximate surface area is 92.1 Å². The van der Waals surface area contributed by atoms with Crippen LogP contribution in [0.2, 0.25) is 0 Å². The van der Waals surface area contributed by atoms with Crippen LogP contribution in [0.3, 0.4) is 0 Å². The molecule has 1 aromatic rings. The summed E-state index contributed by atoms with van der Waals surface area (Å²) >= 11 is 0. The van der Waals surface area contributed by atoms with Gasteiger partial charge in [-0.15, -0.1) is 0 Å². The number of pyridine rings is 1. The maximum Gasteiger partial charge on any atom is 0.0529 e. The van der Waals surface area contributed by atoms with Crippen molar-refractivity contribution in [3.63, 3.8) is 0 Å². The first kappa shape index (κ1) is 10.5. The molecule has 0 radical (unpaired) electrons. The molecule has 15 heavy (non-hydrogen) atoms. The van der Waals surface area contributed by atoms with Crippen molar-refractivity contribution < 1.29 is 0 Å². The third-order valence-corrected chi connectivity index (χ3v) is 3.25. The van der Waals surface area contributed by atoms with E-state index in [1.807, 2.05) is 13.1 Å². The topological polar surface area (TPSA) is 24.9 Å². The van der Waals surface area contributed by atoms with Crippen LogP contribution in [0.5, 0.6) is 0 Å². The lowest BCUT2D eigenvalue weighted by Gasteiger charge is -2.18. The number of aromatic nitrogens is 1. The van der Waals surface area contributed by atoms with E-state index in [0.717, 1.165) is 11.4 Å². The predicted molar refractivity (Wildman–Crippen MR) is 64.0 cm³/mol. The molecule has 1 unspecified atom stereocenters. The van der Waals surface area contributed by atoms with Crippen molar-refractivity contribution in [1.82, 2.24) is 4.98 Å². The van der Waals surface area contributed by atoms with Crippen LogP contribution in [-0.4, -0.2) is 11.0 Å². The largest absolute Gasteiger partial charge is 0.381 e. The molecule has 2 rings (SSSR count). The number of rotatable bonds is 2. The molecule has 1 aliphatic rings. The van der Waals surface area contributed by atoms with E-state index in [4.69, 9.17) is 0 Å². The molecule has 1 saturated carbocycles. The summed E-state index contributed by atoms with van der Waals surface area (Å²) < 4.78 is 0. The van der Waals surface area contributed by atoms with Crippen LogP contribution < -0.4 is 5.32 Å². The van der Waals surface area contributed by atoms with E-state index >= 15 is 0 Å². The Morgan fingerprint density at radius 1 is 1.40 bits per heavy atom. The van der Waals surface area contributed by atoms with E-state index in [9.17, 15) is 0 Å². The van der Waals surface area contributed by atoms with Crippen LogP contribution in [0.1, 0.15) is 38.8 Å². The third kappa shape index (κ3) is 2.71. The Balaban J connectivity index is 1.96. The zero-order valence-corrected chi connectivity index (χ0v) is 9.88. The van der Waals surface area contributed by atoms with Crippen molar-refractivity contribution in [2.75, 3.05) is 5.32 Å². The van der Waals surface area contributed by atoms with Crippen LogP contribution in [0.25, 0.3) is 0 Å². The third-order valence-electron chi connectivity index (χ3n) is 3.25. The summed E-state index contributed by atoms with van der Waals surface area (Å²) in [5.74, 6) is 0. The fourth-order valence-corrected chi connectivity index (χ4v) is 2.35. The molecule has 1 aliphatic carbocycles. The second-order valence-electron chi connectivity index (χ2n) is 5.44. The lowest BCUT2D eigenvalue weighted by molar-refractivity contribution is 0.378.